The zero-order chi connectivity index (χ0) is 14.9. The number of carbonyl (C=O) groups excluding carboxylic acids is 1. The van der Waals surface area contributed by atoms with Crippen LogP contribution >= 0.6 is 15.9 Å². The van der Waals surface area contributed by atoms with Crippen LogP contribution in [0.1, 0.15) is 5.56 Å². The second-order valence-corrected chi connectivity index (χ2v) is 5.41. The molecule has 1 aromatic carbocycles. The summed E-state index contributed by atoms with van der Waals surface area (Å²) in [5.74, 6) is -0.123. The molecule has 0 saturated carbocycles. The van der Waals surface area contributed by atoms with E-state index in [4.69, 9.17) is 4.74 Å². The van der Waals surface area contributed by atoms with Crippen LogP contribution in [0.5, 0.6) is 0 Å². The minimum Gasteiger partial charge on any atom is -0.379 e. The summed E-state index contributed by atoms with van der Waals surface area (Å²) in [5, 5.41) is 3.99. The van der Waals surface area contributed by atoms with Gasteiger partial charge in [0.1, 0.15) is 4.62 Å². The third-order valence-corrected chi connectivity index (χ3v) is 3.41. The van der Waals surface area contributed by atoms with Crippen LogP contribution < -0.4 is 5.43 Å². The van der Waals surface area contributed by atoms with Crippen LogP contribution in [0.4, 0.5) is 0 Å². The highest BCUT2D eigenvalue weighted by atomic mass is 79.9. The van der Waals surface area contributed by atoms with Crippen LogP contribution in [0, 0.1) is 0 Å². The molecule has 0 unspecified atom stereocenters. The lowest BCUT2D eigenvalue weighted by Gasteiger charge is -2.25. The average molecular weight is 352 g/mol. The van der Waals surface area contributed by atoms with Crippen molar-refractivity contribution in [3.63, 3.8) is 0 Å². The number of hydrogen-bond donors (Lipinski definition) is 1. The highest BCUT2D eigenvalue weighted by Crippen LogP contribution is 2.03. The summed E-state index contributed by atoms with van der Waals surface area (Å²) in [4.78, 5) is 13.8. The maximum absolute atomic E-state index is 11.7. The Bertz CT molecular complexity index is 511. The maximum atomic E-state index is 11.7. The molecule has 1 heterocycles. The molecule has 5 nitrogen and oxygen atoms in total. The molecule has 1 saturated heterocycles. The van der Waals surface area contributed by atoms with Crippen LogP contribution in [0.15, 0.2) is 41.5 Å². The number of rotatable bonds is 5. The van der Waals surface area contributed by atoms with Crippen LogP contribution in [0.3, 0.4) is 0 Å². The van der Waals surface area contributed by atoms with Gasteiger partial charge in [-0.15, -0.1) is 0 Å². The molecule has 1 amide bonds. The van der Waals surface area contributed by atoms with Gasteiger partial charge < -0.3 is 4.74 Å². The first kappa shape index (κ1) is 15.9. The molecule has 0 atom stereocenters. The van der Waals surface area contributed by atoms with Crippen molar-refractivity contribution in [2.24, 2.45) is 5.10 Å². The first-order chi connectivity index (χ1) is 10.2. The number of nitrogens with zero attached hydrogens (tertiary/aromatic N) is 2. The van der Waals surface area contributed by atoms with Crippen molar-refractivity contribution in [2.75, 3.05) is 32.8 Å². The molecule has 21 heavy (non-hydrogen) atoms. The Balaban J connectivity index is 1.77. The number of allylic oxidation sites excluding steroid dienone is 1. The number of morpholine rings is 1. The molecule has 6 heteroatoms. The Kier molecular flexibility index (Phi) is 6.59. The van der Waals surface area contributed by atoms with Gasteiger partial charge in [0.25, 0.3) is 5.91 Å². The van der Waals surface area contributed by atoms with E-state index in [1.165, 1.54) is 0 Å². The normalized spacial score (nSPS) is 17.1. The summed E-state index contributed by atoms with van der Waals surface area (Å²) in [6.07, 6.45) is 3.71. The summed E-state index contributed by atoms with van der Waals surface area (Å²) >= 11 is 3.30. The van der Waals surface area contributed by atoms with E-state index in [-0.39, 0.29) is 5.91 Å². The summed E-state index contributed by atoms with van der Waals surface area (Å²) in [6.45, 7) is 3.27. The fourth-order valence-corrected chi connectivity index (χ4v) is 2.10. The van der Waals surface area contributed by atoms with Gasteiger partial charge in [0.2, 0.25) is 0 Å². The van der Waals surface area contributed by atoms with Crippen molar-refractivity contribution in [2.45, 2.75) is 0 Å². The minimum atomic E-state index is -0.123. The van der Waals surface area contributed by atoms with Crippen molar-refractivity contribution in [1.29, 1.82) is 0 Å². The number of nitrogens with one attached hydrogen (secondary N) is 1. The predicted molar refractivity (Wildman–Crippen MR) is 87.2 cm³/mol. The van der Waals surface area contributed by atoms with Gasteiger partial charge in [-0.2, -0.15) is 5.10 Å². The monoisotopic (exact) mass is 351 g/mol. The van der Waals surface area contributed by atoms with Crippen molar-refractivity contribution in [3.8, 4) is 0 Å². The topological polar surface area (TPSA) is 53.9 Å². The lowest BCUT2D eigenvalue weighted by molar-refractivity contribution is -0.123. The third kappa shape index (κ3) is 6.20. The van der Waals surface area contributed by atoms with Crippen molar-refractivity contribution < 1.29 is 9.53 Å². The van der Waals surface area contributed by atoms with E-state index in [1.807, 2.05) is 41.3 Å². The fourth-order valence-electron chi connectivity index (χ4n) is 1.88. The van der Waals surface area contributed by atoms with Crippen molar-refractivity contribution in [1.82, 2.24) is 10.3 Å². The van der Waals surface area contributed by atoms with Gasteiger partial charge in [-0.05, 0) is 27.6 Å². The third-order valence-electron chi connectivity index (χ3n) is 2.97. The van der Waals surface area contributed by atoms with E-state index in [0.29, 0.717) is 24.4 Å². The number of carbonyl (C=O) groups is 1. The SMILES string of the molecule is O=C(CN1CCOCC1)N/N=C(Br)/C=C/c1ccccc1. The standard InChI is InChI=1S/C15H18BrN3O2/c16-14(7-6-13-4-2-1-3-5-13)17-18-15(20)12-19-8-10-21-11-9-19/h1-7H,8-12H2,(H,18,20)/b7-6+,17-14-. The van der Waals surface area contributed by atoms with Gasteiger partial charge in [-0.25, -0.2) is 5.43 Å². The molecular weight excluding hydrogens is 334 g/mol. The second-order valence-electron chi connectivity index (χ2n) is 4.60. The van der Waals surface area contributed by atoms with Crippen LogP contribution in [0.2, 0.25) is 0 Å². The van der Waals surface area contributed by atoms with Gasteiger partial charge in [0.05, 0.1) is 19.8 Å². The molecule has 0 aliphatic carbocycles. The molecule has 2 rings (SSSR count). The Morgan fingerprint density at radius 3 is 2.76 bits per heavy atom. The Morgan fingerprint density at radius 2 is 2.05 bits per heavy atom. The maximum Gasteiger partial charge on any atom is 0.254 e. The first-order valence-corrected chi connectivity index (χ1v) is 7.58. The predicted octanol–water partition coefficient (Wildman–Crippen LogP) is 1.86. The highest BCUT2D eigenvalue weighted by molar-refractivity contribution is 9.18. The molecule has 1 fully saturated rings. The quantitative estimate of drug-likeness (QED) is 0.650. The first-order valence-electron chi connectivity index (χ1n) is 6.79. The number of ether oxygens (including phenoxy) is 1. The molecule has 0 radical (unpaired) electrons. The summed E-state index contributed by atoms with van der Waals surface area (Å²) < 4.78 is 5.81. The molecule has 1 aliphatic heterocycles. The molecular formula is C15H18BrN3O2. The zero-order valence-corrected chi connectivity index (χ0v) is 13.3. The summed E-state index contributed by atoms with van der Waals surface area (Å²) in [7, 11) is 0. The lowest BCUT2D eigenvalue weighted by Crippen LogP contribution is -2.42. The Morgan fingerprint density at radius 1 is 1.33 bits per heavy atom. The molecule has 0 spiro atoms. The number of hydrogen-bond acceptors (Lipinski definition) is 4. The molecule has 112 valence electrons. The Labute approximate surface area is 132 Å². The van der Waals surface area contributed by atoms with Crippen LogP contribution in [-0.4, -0.2) is 48.3 Å². The zero-order valence-electron chi connectivity index (χ0n) is 11.7. The average Bonchev–Trinajstić information content (AvgIpc) is 2.53. The van der Waals surface area contributed by atoms with Gasteiger partial charge in [0.15, 0.2) is 0 Å². The number of hydrazone groups is 1. The van der Waals surface area contributed by atoms with E-state index >= 15 is 0 Å². The van der Waals surface area contributed by atoms with Crippen molar-refractivity contribution >= 4 is 32.5 Å². The van der Waals surface area contributed by atoms with Gasteiger partial charge >= 0.3 is 0 Å². The number of benzene rings is 1. The largest absolute Gasteiger partial charge is 0.379 e. The van der Waals surface area contributed by atoms with Gasteiger partial charge in [-0.1, -0.05) is 36.4 Å². The van der Waals surface area contributed by atoms with E-state index in [0.717, 1.165) is 18.7 Å². The minimum absolute atomic E-state index is 0.123. The van der Waals surface area contributed by atoms with Crippen molar-refractivity contribution in [3.05, 3.63) is 42.0 Å². The summed E-state index contributed by atoms with van der Waals surface area (Å²) in [5.41, 5.74) is 3.61. The van der Waals surface area contributed by atoms with E-state index < -0.39 is 0 Å². The molecule has 0 aromatic heterocycles. The van der Waals surface area contributed by atoms with E-state index in [9.17, 15) is 4.79 Å². The molecule has 1 aromatic rings. The molecule has 1 aliphatic rings. The highest BCUT2D eigenvalue weighted by Gasteiger charge is 2.13. The number of amides is 1. The van der Waals surface area contributed by atoms with Gasteiger partial charge in [-0.3, -0.25) is 9.69 Å². The van der Waals surface area contributed by atoms with Crippen LogP contribution in [-0.2, 0) is 9.53 Å². The lowest BCUT2D eigenvalue weighted by atomic mass is 10.2. The summed E-state index contributed by atoms with van der Waals surface area (Å²) in [6, 6.07) is 9.89. The Hall–Kier alpha value is -1.50. The second kappa shape index (κ2) is 8.71. The van der Waals surface area contributed by atoms with Crippen LogP contribution in [0.25, 0.3) is 6.08 Å². The smallest absolute Gasteiger partial charge is 0.254 e. The van der Waals surface area contributed by atoms with E-state index in [1.54, 1.807) is 6.08 Å². The van der Waals surface area contributed by atoms with Gasteiger partial charge in [0, 0.05) is 13.1 Å². The fraction of sp³-hybridized carbons (Fsp3) is 0.333. The van der Waals surface area contributed by atoms with E-state index in [2.05, 4.69) is 26.5 Å². The number of halogens is 1. The molecule has 0 bridgehead atoms. The molecule has 1 N–H and O–H groups in total.